The van der Waals surface area contributed by atoms with Gasteiger partial charge >= 0.3 is 0 Å². The third-order valence-electron chi connectivity index (χ3n) is 3.66. The van der Waals surface area contributed by atoms with Gasteiger partial charge in [-0.05, 0) is 38.0 Å². The lowest BCUT2D eigenvalue weighted by atomic mass is 10.0. The number of hydrogen-bond acceptors (Lipinski definition) is 3. The molecule has 0 aliphatic carbocycles. The van der Waals surface area contributed by atoms with Crippen LogP contribution in [0.2, 0.25) is 0 Å². The van der Waals surface area contributed by atoms with Crippen LogP contribution in [-0.2, 0) is 11.3 Å². The number of amides is 1. The summed E-state index contributed by atoms with van der Waals surface area (Å²) < 4.78 is 5.86. The Morgan fingerprint density at radius 2 is 2.05 bits per heavy atom. The maximum absolute atomic E-state index is 12.5. The maximum Gasteiger partial charge on any atom is 0.270 e. The van der Waals surface area contributed by atoms with Crippen LogP contribution < -0.4 is 15.4 Å². The molecule has 2 N–H and O–H groups in total. The lowest BCUT2D eigenvalue weighted by molar-refractivity contribution is -0.132. The highest BCUT2D eigenvalue weighted by Gasteiger charge is 2.40. The van der Waals surface area contributed by atoms with Gasteiger partial charge in [-0.1, -0.05) is 25.8 Å². The Hall–Kier alpha value is -1.55. The lowest BCUT2D eigenvalue weighted by Gasteiger charge is -2.39. The van der Waals surface area contributed by atoms with Gasteiger partial charge in [-0.25, -0.2) is 0 Å². The van der Waals surface area contributed by atoms with Gasteiger partial charge in [-0.15, -0.1) is 0 Å². The van der Waals surface area contributed by atoms with Crippen molar-refractivity contribution in [2.24, 2.45) is 5.73 Å². The fourth-order valence-corrected chi connectivity index (χ4v) is 2.49. The molecule has 0 atom stereocenters. The van der Waals surface area contributed by atoms with Gasteiger partial charge in [0.2, 0.25) is 0 Å². The van der Waals surface area contributed by atoms with Gasteiger partial charge in [0, 0.05) is 13.1 Å². The zero-order valence-corrected chi connectivity index (χ0v) is 12.6. The highest BCUT2D eigenvalue weighted by Crippen LogP contribution is 2.38. The number of nitrogens with two attached hydrogens (primary N) is 1. The molecule has 1 aliphatic heterocycles. The Morgan fingerprint density at radius 1 is 1.30 bits per heavy atom. The van der Waals surface area contributed by atoms with Crippen LogP contribution in [0.25, 0.3) is 0 Å². The standard InChI is InChI=1S/C16H24N2O2/c1-4-5-6-9-18-13-8-7-12(11-17)10-14(13)20-16(2,3)15(18)19/h7-8,10H,4-6,9,11,17H2,1-3H3. The average molecular weight is 276 g/mol. The van der Waals surface area contributed by atoms with E-state index in [1.54, 1.807) is 0 Å². The van der Waals surface area contributed by atoms with E-state index in [2.05, 4.69) is 6.92 Å². The number of carbonyl (C=O) groups is 1. The number of rotatable bonds is 5. The number of anilines is 1. The third kappa shape index (κ3) is 2.80. The molecule has 1 heterocycles. The summed E-state index contributed by atoms with van der Waals surface area (Å²) in [6.45, 7) is 7.02. The van der Waals surface area contributed by atoms with Crippen molar-refractivity contribution in [3.63, 3.8) is 0 Å². The van der Waals surface area contributed by atoms with E-state index in [0.29, 0.717) is 6.54 Å². The van der Waals surface area contributed by atoms with Crippen LogP contribution in [-0.4, -0.2) is 18.1 Å². The quantitative estimate of drug-likeness (QED) is 0.841. The summed E-state index contributed by atoms with van der Waals surface area (Å²) in [6, 6.07) is 5.84. The van der Waals surface area contributed by atoms with Gasteiger partial charge in [0.1, 0.15) is 5.75 Å². The highest BCUT2D eigenvalue weighted by molar-refractivity contribution is 6.02. The van der Waals surface area contributed by atoms with Crippen LogP contribution in [0.5, 0.6) is 5.75 Å². The van der Waals surface area contributed by atoms with Crippen molar-refractivity contribution >= 4 is 11.6 Å². The predicted molar refractivity (Wildman–Crippen MR) is 80.9 cm³/mol. The minimum atomic E-state index is -0.813. The lowest BCUT2D eigenvalue weighted by Crippen LogP contribution is -2.52. The molecular formula is C16H24N2O2. The van der Waals surface area contributed by atoms with Crippen molar-refractivity contribution in [1.29, 1.82) is 0 Å². The normalized spacial score (nSPS) is 16.8. The Labute approximate surface area is 120 Å². The molecule has 4 nitrogen and oxygen atoms in total. The zero-order chi connectivity index (χ0) is 14.8. The Kier molecular flexibility index (Phi) is 4.33. The first-order valence-electron chi connectivity index (χ1n) is 7.33. The van der Waals surface area contributed by atoms with Crippen molar-refractivity contribution in [3.8, 4) is 5.75 Å². The number of unbranched alkanes of at least 4 members (excludes halogenated alkanes) is 2. The molecule has 20 heavy (non-hydrogen) atoms. The van der Waals surface area contributed by atoms with E-state index in [1.165, 1.54) is 0 Å². The number of nitrogens with zero attached hydrogens (tertiary/aromatic N) is 1. The molecule has 0 saturated heterocycles. The van der Waals surface area contributed by atoms with Gasteiger partial charge in [0.15, 0.2) is 5.60 Å². The second-order valence-electron chi connectivity index (χ2n) is 5.78. The van der Waals surface area contributed by atoms with Gasteiger partial charge in [0.05, 0.1) is 5.69 Å². The summed E-state index contributed by atoms with van der Waals surface area (Å²) >= 11 is 0. The number of benzene rings is 1. The predicted octanol–water partition coefficient (Wildman–Crippen LogP) is 2.84. The first kappa shape index (κ1) is 14.9. The third-order valence-corrected chi connectivity index (χ3v) is 3.66. The molecule has 0 bridgehead atoms. The van der Waals surface area contributed by atoms with E-state index >= 15 is 0 Å². The van der Waals surface area contributed by atoms with E-state index in [1.807, 2.05) is 36.9 Å². The summed E-state index contributed by atoms with van der Waals surface area (Å²) in [5, 5.41) is 0. The molecule has 0 aromatic heterocycles. The van der Waals surface area contributed by atoms with Gasteiger partial charge in [0.25, 0.3) is 5.91 Å². The van der Waals surface area contributed by atoms with Crippen LogP contribution in [0, 0.1) is 0 Å². The molecule has 0 radical (unpaired) electrons. The largest absolute Gasteiger partial charge is 0.476 e. The van der Waals surface area contributed by atoms with E-state index < -0.39 is 5.60 Å². The van der Waals surface area contributed by atoms with Crippen molar-refractivity contribution in [2.45, 2.75) is 52.2 Å². The molecule has 1 amide bonds. The summed E-state index contributed by atoms with van der Waals surface area (Å²) in [5.41, 5.74) is 6.74. The molecule has 0 fully saturated rings. The van der Waals surface area contributed by atoms with Crippen LogP contribution >= 0.6 is 0 Å². The molecule has 0 unspecified atom stereocenters. The average Bonchev–Trinajstić information content (AvgIpc) is 2.42. The Bertz CT molecular complexity index is 497. The minimum absolute atomic E-state index is 0.0293. The molecule has 1 aromatic rings. The second-order valence-corrected chi connectivity index (χ2v) is 5.78. The monoisotopic (exact) mass is 276 g/mol. The van der Waals surface area contributed by atoms with Crippen LogP contribution in [0.4, 0.5) is 5.69 Å². The number of fused-ring (bicyclic) bond motifs is 1. The first-order chi connectivity index (χ1) is 9.49. The molecule has 1 aliphatic rings. The SMILES string of the molecule is CCCCCN1C(=O)C(C)(C)Oc2cc(CN)ccc21. The summed E-state index contributed by atoms with van der Waals surface area (Å²) in [5.74, 6) is 0.788. The smallest absolute Gasteiger partial charge is 0.270 e. The zero-order valence-electron chi connectivity index (χ0n) is 12.6. The van der Waals surface area contributed by atoms with Gasteiger partial charge in [-0.2, -0.15) is 0 Å². The van der Waals surface area contributed by atoms with Crippen molar-refractivity contribution in [1.82, 2.24) is 0 Å². The van der Waals surface area contributed by atoms with E-state index in [-0.39, 0.29) is 5.91 Å². The molecule has 0 spiro atoms. The Morgan fingerprint density at radius 3 is 2.70 bits per heavy atom. The number of ether oxygens (including phenoxy) is 1. The Balaban J connectivity index is 2.33. The highest BCUT2D eigenvalue weighted by atomic mass is 16.5. The van der Waals surface area contributed by atoms with Gasteiger partial charge in [-0.3, -0.25) is 4.79 Å². The maximum atomic E-state index is 12.5. The van der Waals surface area contributed by atoms with Crippen molar-refractivity contribution in [3.05, 3.63) is 23.8 Å². The van der Waals surface area contributed by atoms with Crippen LogP contribution in [0.3, 0.4) is 0 Å². The summed E-state index contributed by atoms with van der Waals surface area (Å²) in [6.07, 6.45) is 3.28. The molecule has 1 aromatic carbocycles. The van der Waals surface area contributed by atoms with E-state index in [0.717, 1.165) is 42.8 Å². The van der Waals surface area contributed by atoms with E-state index in [4.69, 9.17) is 10.5 Å². The van der Waals surface area contributed by atoms with Crippen LogP contribution in [0.15, 0.2) is 18.2 Å². The van der Waals surface area contributed by atoms with E-state index in [9.17, 15) is 4.79 Å². The van der Waals surface area contributed by atoms with Crippen LogP contribution in [0.1, 0.15) is 45.6 Å². The summed E-state index contributed by atoms with van der Waals surface area (Å²) in [4.78, 5) is 14.4. The topological polar surface area (TPSA) is 55.6 Å². The number of carbonyl (C=O) groups excluding carboxylic acids is 1. The molecular weight excluding hydrogens is 252 g/mol. The summed E-state index contributed by atoms with van der Waals surface area (Å²) in [7, 11) is 0. The van der Waals surface area contributed by atoms with Crippen molar-refractivity contribution in [2.75, 3.05) is 11.4 Å². The van der Waals surface area contributed by atoms with Gasteiger partial charge < -0.3 is 15.4 Å². The first-order valence-corrected chi connectivity index (χ1v) is 7.33. The minimum Gasteiger partial charge on any atom is -0.476 e. The fraction of sp³-hybridized carbons (Fsp3) is 0.562. The van der Waals surface area contributed by atoms with Crippen molar-refractivity contribution < 1.29 is 9.53 Å². The molecule has 4 heteroatoms. The fourth-order valence-electron chi connectivity index (χ4n) is 2.49. The molecule has 110 valence electrons. The molecule has 2 rings (SSSR count). The molecule has 0 saturated carbocycles. The number of hydrogen-bond donors (Lipinski definition) is 1. The second kappa shape index (κ2) is 5.83.